The second-order valence-electron chi connectivity index (χ2n) is 17.8. The number of nitrogens with zero attached hydrogens (tertiary/aromatic N) is 4. The van der Waals surface area contributed by atoms with Crippen LogP contribution in [-0.2, 0) is 0 Å². The standard InChI is InChI=1S/C66H46N4/c1-7-21-47(22-8-1)49-37-40-61-64(45-49)69(63-42-41-60-59-33-19-20-34-62(59)70(66(60)65(61)63)55-31-17-6-18-32-55)56-38-35-48(36-39-56)50-43-57(67(51-23-9-2-10-24-51)52-25-11-3-12-26-52)46-58(44-50)68(53-27-13-4-14-28-53)54-29-15-5-16-30-54/h1-46H. The number of aromatic nitrogens is 2. The molecule has 0 fully saturated rings. The van der Waals surface area contributed by atoms with Crippen molar-refractivity contribution in [1.29, 1.82) is 0 Å². The summed E-state index contributed by atoms with van der Waals surface area (Å²) in [7, 11) is 0. The topological polar surface area (TPSA) is 16.3 Å². The molecule has 0 aliphatic rings. The van der Waals surface area contributed by atoms with Gasteiger partial charge in [-0.25, -0.2) is 0 Å². The van der Waals surface area contributed by atoms with Crippen molar-refractivity contribution in [3.8, 4) is 33.6 Å². The second-order valence-corrected chi connectivity index (χ2v) is 17.8. The van der Waals surface area contributed by atoms with Gasteiger partial charge in [0.05, 0.1) is 22.1 Å². The van der Waals surface area contributed by atoms with E-state index in [1.807, 2.05) is 0 Å². The number of anilines is 6. The van der Waals surface area contributed by atoms with E-state index in [0.717, 1.165) is 67.7 Å². The maximum absolute atomic E-state index is 2.47. The molecule has 0 saturated heterocycles. The first kappa shape index (κ1) is 40.9. The Hall–Kier alpha value is -9.38. The summed E-state index contributed by atoms with van der Waals surface area (Å²) in [5.74, 6) is 0. The third-order valence-electron chi connectivity index (χ3n) is 13.6. The zero-order valence-electron chi connectivity index (χ0n) is 38.3. The van der Waals surface area contributed by atoms with Crippen LogP contribution in [0.4, 0.5) is 34.1 Å². The summed E-state index contributed by atoms with van der Waals surface area (Å²) < 4.78 is 4.92. The Labute approximate surface area is 407 Å². The SMILES string of the molecule is c1ccc(-c2ccc3c4c(ccc5c6ccccc6n(-c6ccccc6)c54)n(-c4ccc(-c5cc(N(c6ccccc6)c6ccccc6)cc(N(c6ccccc6)c6ccccc6)c5)cc4)c3c2)cc1. The highest BCUT2D eigenvalue weighted by Gasteiger charge is 2.23. The molecule has 330 valence electrons. The highest BCUT2D eigenvalue weighted by atomic mass is 15.2. The Balaban J connectivity index is 1.04. The van der Waals surface area contributed by atoms with Gasteiger partial charge in [0, 0.05) is 67.0 Å². The Morgan fingerprint density at radius 3 is 1.23 bits per heavy atom. The average molecular weight is 895 g/mol. The van der Waals surface area contributed by atoms with Gasteiger partial charge >= 0.3 is 0 Å². The van der Waals surface area contributed by atoms with Gasteiger partial charge in [0.2, 0.25) is 0 Å². The second kappa shape index (κ2) is 17.4. The predicted octanol–water partition coefficient (Wildman–Crippen LogP) is 18.2. The molecule has 4 heteroatoms. The Morgan fingerprint density at radius 2 is 0.671 bits per heavy atom. The van der Waals surface area contributed by atoms with Crippen molar-refractivity contribution in [1.82, 2.24) is 9.13 Å². The molecule has 0 unspecified atom stereocenters. The fourth-order valence-corrected chi connectivity index (χ4v) is 10.5. The van der Waals surface area contributed by atoms with E-state index in [9.17, 15) is 0 Å². The monoisotopic (exact) mass is 894 g/mol. The van der Waals surface area contributed by atoms with E-state index >= 15 is 0 Å². The van der Waals surface area contributed by atoms with Crippen LogP contribution in [0, 0.1) is 0 Å². The van der Waals surface area contributed by atoms with Crippen LogP contribution in [0.2, 0.25) is 0 Å². The van der Waals surface area contributed by atoms with Crippen molar-refractivity contribution in [2.75, 3.05) is 9.80 Å². The van der Waals surface area contributed by atoms with Crippen LogP contribution in [0.5, 0.6) is 0 Å². The highest BCUT2D eigenvalue weighted by Crippen LogP contribution is 2.45. The molecule has 13 aromatic rings. The van der Waals surface area contributed by atoms with Gasteiger partial charge in [-0.1, -0.05) is 170 Å². The minimum atomic E-state index is 1.06. The first-order valence-electron chi connectivity index (χ1n) is 23.9. The zero-order valence-corrected chi connectivity index (χ0v) is 38.3. The van der Waals surface area contributed by atoms with Crippen LogP contribution in [0.25, 0.3) is 77.2 Å². The van der Waals surface area contributed by atoms with Gasteiger partial charge in [-0.2, -0.15) is 0 Å². The fourth-order valence-electron chi connectivity index (χ4n) is 10.5. The predicted molar refractivity (Wildman–Crippen MR) is 295 cm³/mol. The van der Waals surface area contributed by atoms with E-state index in [1.165, 1.54) is 43.7 Å². The summed E-state index contributed by atoms with van der Waals surface area (Å²) >= 11 is 0. The highest BCUT2D eigenvalue weighted by molar-refractivity contribution is 6.26. The average Bonchev–Trinajstić information content (AvgIpc) is 3.95. The molecule has 0 N–H and O–H groups in total. The molecule has 0 spiro atoms. The van der Waals surface area contributed by atoms with E-state index in [4.69, 9.17) is 0 Å². The summed E-state index contributed by atoms with van der Waals surface area (Å²) in [6, 6.07) is 101. The first-order valence-corrected chi connectivity index (χ1v) is 23.9. The number of para-hydroxylation sites is 6. The van der Waals surface area contributed by atoms with Crippen LogP contribution < -0.4 is 9.80 Å². The molecule has 0 atom stereocenters. The Bertz CT molecular complexity index is 3780. The minimum Gasteiger partial charge on any atom is -0.310 e. The maximum atomic E-state index is 2.47. The molecular weight excluding hydrogens is 849 g/mol. The molecule has 70 heavy (non-hydrogen) atoms. The molecule has 4 nitrogen and oxygen atoms in total. The molecule has 0 saturated carbocycles. The summed E-state index contributed by atoms with van der Waals surface area (Å²) in [6.07, 6.45) is 0. The molecule has 0 radical (unpaired) electrons. The molecule has 13 rings (SSSR count). The van der Waals surface area contributed by atoms with Crippen LogP contribution in [0.15, 0.2) is 279 Å². The van der Waals surface area contributed by atoms with E-state index in [2.05, 4.69) is 298 Å². The van der Waals surface area contributed by atoms with Crippen molar-refractivity contribution in [2.24, 2.45) is 0 Å². The van der Waals surface area contributed by atoms with Crippen molar-refractivity contribution in [3.63, 3.8) is 0 Å². The van der Waals surface area contributed by atoms with E-state index in [1.54, 1.807) is 0 Å². The van der Waals surface area contributed by atoms with Gasteiger partial charge in [0.1, 0.15) is 0 Å². The van der Waals surface area contributed by atoms with Gasteiger partial charge in [0.25, 0.3) is 0 Å². The third kappa shape index (κ3) is 7.10. The summed E-state index contributed by atoms with van der Waals surface area (Å²) in [4.78, 5) is 4.71. The van der Waals surface area contributed by atoms with Gasteiger partial charge in [-0.15, -0.1) is 0 Å². The molecule has 0 bridgehead atoms. The van der Waals surface area contributed by atoms with Gasteiger partial charge < -0.3 is 18.9 Å². The number of hydrogen-bond donors (Lipinski definition) is 0. The normalized spacial score (nSPS) is 11.4. The molecule has 11 aromatic carbocycles. The van der Waals surface area contributed by atoms with Gasteiger partial charge in [-0.05, 0) is 131 Å². The van der Waals surface area contributed by atoms with Crippen molar-refractivity contribution >= 4 is 77.7 Å². The summed E-state index contributed by atoms with van der Waals surface area (Å²) in [6.45, 7) is 0. The molecule has 0 aliphatic carbocycles. The smallest absolute Gasteiger partial charge is 0.0641 e. The van der Waals surface area contributed by atoms with Crippen LogP contribution in [0.1, 0.15) is 0 Å². The van der Waals surface area contributed by atoms with Crippen LogP contribution in [0.3, 0.4) is 0 Å². The minimum absolute atomic E-state index is 1.06. The largest absolute Gasteiger partial charge is 0.310 e. The lowest BCUT2D eigenvalue weighted by atomic mass is 10.0. The molecular formula is C66H46N4. The van der Waals surface area contributed by atoms with Crippen LogP contribution >= 0.6 is 0 Å². The fraction of sp³-hybridized carbons (Fsp3) is 0. The molecule has 2 heterocycles. The first-order chi connectivity index (χ1) is 34.7. The lowest BCUT2D eigenvalue weighted by Crippen LogP contribution is -2.13. The van der Waals surface area contributed by atoms with E-state index in [-0.39, 0.29) is 0 Å². The molecule has 0 aliphatic heterocycles. The third-order valence-corrected chi connectivity index (χ3v) is 13.6. The maximum Gasteiger partial charge on any atom is 0.0641 e. The number of hydrogen-bond acceptors (Lipinski definition) is 2. The van der Waals surface area contributed by atoms with Gasteiger partial charge in [-0.3, -0.25) is 0 Å². The van der Waals surface area contributed by atoms with Crippen LogP contribution in [-0.4, -0.2) is 9.13 Å². The number of fused-ring (bicyclic) bond motifs is 7. The van der Waals surface area contributed by atoms with E-state index in [0.29, 0.717) is 0 Å². The Kier molecular flexibility index (Phi) is 10.1. The summed E-state index contributed by atoms with van der Waals surface area (Å²) in [5, 5.41) is 4.93. The molecule has 0 amide bonds. The summed E-state index contributed by atoms with van der Waals surface area (Å²) in [5.41, 5.74) is 18.0. The lowest BCUT2D eigenvalue weighted by Gasteiger charge is -2.30. The Morgan fingerprint density at radius 1 is 0.229 bits per heavy atom. The van der Waals surface area contributed by atoms with E-state index < -0.39 is 0 Å². The van der Waals surface area contributed by atoms with Crippen molar-refractivity contribution in [2.45, 2.75) is 0 Å². The quantitative estimate of drug-likeness (QED) is 0.136. The van der Waals surface area contributed by atoms with Crippen molar-refractivity contribution < 1.29 is 0 Å². The zero-order chi connectivity index (χ0) is 46.4. The number of benzene rings is 11. The van der Waals surface area contributed by atoms with Gasteiger partial charge in [0.15, 0.2) is 0 Å². The lowest BCUT2D eigenvalue weighted by molar-refractivity contribution is 1.17. The van der Waals surface area contributed by atoms with Crippen molar-refractivity contribution in [3.05, 3.63) is 279 Å². The number of rotatable bonds is 10. The molecule has 2 aromatic heterocycles.